The molecule has 0 saturated carbocycles. The zero-order valence-electron chi connectivity index (χ0n) is 11.5. The molecule has 20 heavy (non-hydrogen) atoms. The van der Waals surface area contributed by atoms with Gasteiger partial charge in [0, 0.05) is 24.0 Å². The number of carboxylic acid groups (broad SMARTS) is 1. The first-order valence-electron chi connectivity index (χ1n) is 6.39. The molecule has 1 aromatic heterocycles. The number of hydrogen-bond donors (Lipinski definition) is 1. The lowest BCUT2D eigenvalue weighted by atomic mass is 10.2. The molecule has 1 aliphatic rings. The molecule has 1 atom stereocenters. The average molecular weight is 295 g/mol. The lowest BCUT2D eigenvalue weighted by molar-refractivity contribution is -0.131. The topological polar surface area (TPSA) is 66.8 Å². The van der Waals surface area contributed by atoms with Gasteiger partial charge in [-0.1, -0.05) is 0 Å². The Morgan fingerprint density at radius 1 is 1.55 bits per heavy atom. The zero-order chi connectivity index (χ0) is 14.7. The monoisotopic (exact) mass is 295 g/mol. The normalized spacial score (nSPS) is 19.5. The molecule has 1 fully saturated rings. The Hall–Kier alpha value is -1.66. The maximum atomic E-state index is 12.4. The van der Waals surface area contributed by atoms with Gasteiger partial charge in [-0.3, -0.25) is 4.79 Å². The molecule has 0 aliphatic carbocycles. The smallest absolute Gasteiger partial charge is 0.328 e. The fourth-order valence-corrected chi connectivity index (χ4v) is 3.12. The summed E-state index contributed by atoms with van der Waals surface area (Å²) in [4.78, 5) is 26.2. The average Bonchev–Trinajstić information content (AvgIpc) is 2.77. The van der Waals surface area contributed by atoms with Crippen molar-refractivity contribution in [2.45, 2.75) is 20.0 Å². The van der Waals surface area contributed by atoms with E-state index < -0.39 is 5.97 Å². The van der Waals surface area contributed by atoms with Crippen molar-refractivity contribution < 1.29 is 19.4 Å². The third-order valence-electron chi connectivity index (χ3n) is 3.07. The van der Waals surface area contributed by atoms with Crippen LogP contribution in [0.15, 0.2) is 12.1 Å². The van der Waals surface area contributed by atoms with Gasteiger partial charge in [0.15, 0.2) is 0 Å². The van der Waals surface area contributed by atoms with E-state index in [-0.39, 0.29) is 12.0 Å². The quantitative estimate of drug-likeness (QED) is 0.866. The Morgan fingerprint density at radius 2 is 2.30 bits per heavy atom. The SMILES string of the molecule is Cc1cc(C(=O)N2CCOC(C)C2)sc1/C=C/C(=O)O. The highest BCUT2D eigenvalue weighted by Crippen LogP contribution is 2.25. The van der Waals surface area contributed by atoms with Crippen LogP contribution in [0.2, 0.25) is 0 Å². The van der Waals surface area contributed by atoms with E-state index in [2.05, 4.69) is 0 Å². The standard InChI is InChI=1S/C14H17NO4S/c1-9-7-12(20-11(9)3-4-13(16)17)14(18)15-5-6-19-10(2)8-15/h3-4,7,10H,5-6,8H2,1-2H3,(H,16,17)/b4-3+. The molecule has 1 amide bonds. The largest absolute Gasteiger partial charge is 0.478 e. The number of nitrogens with zero attached hydrogens (tertiary/aromatic N) is 1. The van der Waals surface area contributed by atoms with Crippen molar-refractivity contribution in [2.24, 2.45) is 0 Å². The second kappa shape index (κ2) is 6.19. The van der Waals surface area contributed by atoms with E-state index in [9.17, 15) is 9.59 Å². The van der Waals surface area contributed by atoms with E-state index in [0.29, 0.717) is 24.6 Å². The van der Waals surface area contributed by atoms with Crippen LogP contribution < -0.4 is 0 Å². The van der Waals surface area contributed by atoms with E-state index >= 15 is 0 Å². The Labute approximate surface area is 121 Å². The summed E-state index contributed by atoms with van der Waals surface area (Å²) < 4.78 is 5.42. The number of carbonyl (C=O) groups is 2. The first-order valence-corrected chi connectivity index (χ1v) is 7.21. The number of carboxylic acids is 1. The van der Waals surface area contributed by atoms with E-state index in [4.69, 9.17) is 9.84 Å². The second-order valence-corrected chi connectivity index (χ2v) is 5.85. The first kappa shape index (κ1) is 14.7. The lowest BCUT2D eigenvalue weighted by Crippen LogP contribution is -2.44. The van der Waals surface area contributed by atoms with Gasteiger partial charge in [0.1, 0.15) is 0 Å². The minimum Gasteiger partial charge on any atom is -0.478 e. The summed E-state index contributed by atoms with van der Waals surface area (Å²) in [5.74, 6) is -1.00. The molecule has 0 aromatic carbocycles. The summed E-state index contributed by atoms with van der Waals surface area (Å²) in [6.07, 6.45) is 2.67. The molecule has 1 aliphatic heterocycles. The molecule has 1 N–H and O–H groups in total. The molecule has 0 radical (unpaired) electrons. The van der Waals surface area contributed by atoms with Crippen LogP contribution in [-0.4, -0.2) is 47.7 Å². The fourth-order valence-electron chi connectivity index (χ4n) is 2.07. The van der Waals surface area contributed by atoms with Crippen LogP contribution >= 0.6 is 11.3 Å². The second-order valence-electron chi connectivity index (χ2n) is 4.76. The maximum Gasteiger partial charge on any atom is 0.328 e. The van der Waals surface area contributed by atoms with Crippen LogP contribution in [0.3, 0.4) is 0 Å². The van der Waals surface area contributed by atoms with Crippen molar-refractivity contribution in [3.8, 4) is 0 Å². The van der Waals surface area contributed by atoms with Crippen LogP contribution in [0.5, 0.6) is 0 Å². The van der Waals surface area contributed by atoms with Crippen LogP contribution in [0, 0.1) is 6.92 Å². The number of amides is 1. The summed E-state index contributed by atoms with van der Waals surface area (Å²) in [6.45, 7) is 5.57. The van der Waals surface area contributed by atoms with Crippen molar-refractivity contribution in [1.82, 2.24) is 4.90 Å². The van der Waals surface area contributed by atoms with Gasteiger partial charge in [-0.25, -0.2) is 4.79 Å². The Bertz CT molecular complexity index is 549. The number of ether oxygens (including phenoxy) is 1. The molecule has 1 aromatic rings. The van der Waals surface area contributed by atoms with Crippen LogP contribution in [0.25, 0.3) is 6.08 Å². The summed E-state index contributed by atoms with van der Waals surface area (Å²) in [7, 11) is 0. The molecule has 0 bridgehead atoms. The summed E-state index contributed by atoms with van der Waals surface area (Å²) in [5.41, 5.74) is 0.914. The van der Waals surface area contributed by atoms with Gasteiger partial charge in [0.05, 0.1) is 17.6 Å². The molecule has 1 saturated heterocycles. The number of aliphatic carboxylic acids is 1. The van der Waals surface area contributed by atoms with Gasteiger partial charge < -0.3 is 14.7 Å². The minimum absolute atomic E-state index is 0.0109. The van der Waals surface area contributed by atoms with Gasteiger partial charge in [-0.15, -0.1) is 11.3 Å². The molecule has 1 unspecified atom stereocenters. The van der Waals surface area contributed by atoms with E-state index in [0.717, 1.165) is 16.5 Å². The Morgan fingerprint density at radius 3 is 2.95 bits per heavy atom. The highest BCUT2D eigenvalue weighted by atomic mass is 32.1. The van der Waals surface area contributed by atoms with Gasteiger partial charge in [0.2, 0.25) is 0 Å². The van der Waals surface area contributed by atoms with Gasteiger partial charge in [-0.2, -0.15) is 0 Å². The molecular formula is C14H17NO4S. The van der Waals surface area contributed by atoms with Crippen molar-refractivity contribution >= 4 is 29.3 Å². The summed E-state index contributed by atoms with van der Waals surface area (Å²) in [6, 6.07) is 1.81. The number of morpholine rings is 1. The number of rotatable bonds is 3. The summed E-state index contributed by atoms with van der Waals surface area (Å²) in [5, 5.41) is 8.64. The number of aryl methyl sites for hydroxylation is 1. The number of carbonyl (C=O) groups excluding carboxylic acids is 1. The summed E-state index contributed by atoms with van der Waals surface area (Å²) >= 11 is 1.32. The van der Waals surface area contributed by atoms with Crippen LogP contribution in [0.1, 0.15) is 27.0 Å². The zero-order valence-corrected chi connectivity index (χ0v) is 12.3. The van der Waals surface area contributed by atoms with Crippen molar-refractivity contribution in [1.29, 1.82) is 0 Å². The molecule has 6 heteroatoms. The van der Waals surface area contributed by atoms with Gasteiger partial charge in [0.25, 0.3) is 5.91 Å². The predicted molar refractivity (Wildman–Crippen MR) is 77.0 cm³/mol. The lowest BCUT2D eigenvalue weighted by Gasteiger charge is -2.30. The Balaban J connectivity index is 2.14. The van der Waals surface area contributed by atoms with Crippen molar-refractivity contribution in [3.63, 3.8) is 0 Å². The Kier molecular flexibility index (Phi) is 4.57. The molecule has 0 spiro atoms. The third-order valence-corrected chi connectivity index (χ3v) is 4.26. The van der Waals surface area contributed by atoms with Crippen molar-refractivity contribution in [3.05, 3.63) is 27.5 Å². The highest BCUT2D eigenvalue weighted by Gasteiger charge is 2.24. The van der Waals surface area contributed by atoms with E-state index in [1.807, 2.05) is 19.9 Å². The molecule has 2 rings (SSSR count). The number of hydrogen-bond acceptors (Lipinski definition) is 4. The van der Waals surface area contributed by atoms with Gasteiger partial charge in [-0.05, 0) is 31.6 Å². The molecular weight excluding hydrogens is 278 g/mol. The third kappa shape index (κ3) is 3.46. The molecule has 2 heterocycles. The number of thiophene rings is 1. The fraction of sp³-hybridized carbons (Fsp3) is 0.429. The van der Waals surface area contributed by atoms with Gasteiger partial charge >= 0.3 is 5.97 Å². The van der Waals surface area contributed by atoms with Crippen LogP contribution in [0.4, 0.5) is 0 Å². The predicted octanol–water partition coefficient (Wildman–Crippen LogP) is 2.02. The van der Waals surface area contributed by atoms with Crippen LogP contribution in [-0.2, 0) is 9.53 Å². The highest BCUT2D eigenvalue weighted by molar-refractivity contribution is 7.15. The molecule has 5 nitrogen and oxygen atoms in total. The molecule has 108 valence electrons. The van der Waals surface area contributed by atoms with E-state index in [1.165, 1.54) is 17.4 Å². The van der Waals surface area contributed by atoms with Crippen molar-refractivity contribution in [2.75, 3.05) is 19.7 Å². The van der Waals surface area contributed by atoms with E-state index in [1.54, 1.807) is 4.90 Å². The maximum absolute atomic E-state index is 12.4. The first-order chi connectivity index (χ1) is 9.47. The minimum atomic E-state index is -0.993.